The van der Waals surface area contributed by atoms with E-state index in [1.54, 1.807) is 18.2 Å². The standard InChI is InChI=1S/C20H19ClN2O4S/c21-13-9-11-15(12-10-13)28(25,26)23-19-18(22-14-5-1-2-6-14)16-7-3-4-8-17(16)27-20(19)24/h3-4,7-12,14,22-23H,1-2,5-6H2. The van der Waals surface area contributed by atoms with Gasteiger partial charge in [-0.1, -0.05) is 36.6 Å². The van der Waals surface area contributed by atoms with Gasteiger partial charge in [0.15, 0.2) is 5.69 Å². The molecule has 1 heterocycles. The van der Waals surface area contributed by atoms with E-state index in [0.29, 0.717) is 21.7 Å². The van der Waals surface area contributed by atoms with E-state index in [9.17, 15) is 13.2 Å². The monoisotopic (exact) mass is 418 g/mol. The SMILES string of the molecule is O=c1oc2ccccc2c(NC2CCCC2)c1NS(=O)(=O)c1ccc(Cl)cc1. The van der Waals surface area contributed by atoms with Gasteiger partial charge in [0.05, 0.1) is 10.6 Å². The Morgan fingerprint density at radius 3 is 2.36 bits per heavy atom. The number of fused-ring (bicyclic) bond motifs is 1. The smallest absolute Gasteiger partial charge is 0.363 e. The molecule has 4 rings (SSSR count). The van der Waals surface area contributed by atoms with Crippen LogP contribution in [0.4, 0.5) is 11.4 Å². The van der Waals surface area contributed by atoms with Crippen LogP contribution >= 0.6 is 11.6 Å². The van der Waals surface area contributed by atoms with Crippen molar-refractivity contribution in [3.8, 4) is 0 Å². The average Bonchev–Trinajstić information content (AvgIpc) is 3.18. The second-order valence-corrected chi connectivity index (χ2v) is 8.94. The number of hydrogen-bond donors (Lipinski definition) is 2. The lowest BCUT2D eigenvalue weighted by Gasteiger charge is -2.19. The molecule has 0 aliphatic heterocycles. The molecule has 1 fully saturated rings. The van der Waals surface area contributed by atoms with Gasteiger partial charge in [-0.3, -0.25) is 4.72 Å². The number of anilines is 2. The maximum atomic E-state index is 12.8. The second kappa shape index (κ2) is 7.48. The summed E-state index contributed by atoms with van der Waals surface area (Å²) in [5.74, 6) is 0. The highest BCUT2D eigenvalue weighted by Gasteiger charge is 2.24. The van der Waals surface area contributed by atoms with Crippen molar-refractivity contribution >= 4 is 44.0 Å². The van der Waals surface area contributed by atoms with Crippen LogP contribution in [-0.4, -0.2) is 14.5 Å². The van der Waals surface area contributed by atoms with Gasteiger partial charge in [-0.2, -0.15) is 0 Å². The zero-order valence-corrected chi connectivity index (χ0v) is 16.5. The van der Waals surface area contributed by atoms with E-state index in [-0.39, 0.29) is 16.6 Å². The first-order chi connectivity index (χ1) is 13.4. The van der Waals surface area contributed by atoms with Crippen LogP contribution in [0.25, 0.3) is 11.0 Å². The summed E-state index contributed by atoms with van der Waals surface area (Å²) >= 11 is 5.84. The highest BCUT2D eigenvalue weighted by molar-refractivity contribution is 7.92. The van der Waals surface area contributed by atoms with Gasteiger partial charge in [-0.25, -0.2) is 13.2 Å². The summed E-state index contributed by atoms with van der Waals surface area (Å²) in [7, 11) is -3.99. The summed E-state index contributed by atoms with van der Waals surface area (Å²) in [6, 6.07) is 13.0. The first kappa shape index (κ1) is 18.8. The van der Waals surface area contributed by atoms with Crippen molar-refractivity contribution in [2.24, 2.45) is 0 Å². The zero-order valence-electron chi connectivity index (χ0n) is 14.9. The van der Waals surface area contributed by atoms with Gasteiger partial charge in [-0.15, -0.1) is 0 Å². The molecule has 2 N–H and O–H groups in total. The molecule has 3 aromatic rings. The Morgan fingerprint density at radius 1 is 0.964 bits per heavy atom. The van der Waals surface area contributed by atoms with Crippen LogP contribution in [0, 0.1) is 0 Å². The highest BCUT2D eigenvalue weighted by atomic mass is 35.5. The molecule has 1 aromatic heterocycles. The number of rotatable bonds is 5. The van der Waals surface area contributed by atoms with E-state index in [1.807, 2.05) is 6.07 Å². The number of benzene rings is 2. The molecule has 0 atom stereocenters. The Hall–Kier alpha value is -2.51. The van der Waals surface area contributed by atoms with Gasteiger partial charge >= 0.3 is 5.63 Å². The molecule has 0 unspecified atom stereocenters. The average molecular weight is 419 g/mol. The molecule has 0 bridgehead atoms. The predicted octanol–water partition coefficient (Wildman–Crippen LogP) is 4.60. The van der Waals surface area contributed by atoms with Crippen LogP contribution in [0.5, 0.6) is 0 Å². The van der Waals surface area contributed by atoms with Crippen molar-refractivity contribution in [3.63, 3.8) is 0 Å². The summed E-state index contributed by atoms with van der Waals surface area (Å²) in [5.41, 5.74) is 0.0102. The molecular weight excluding hydrogens is 400 g/mol. The molecule has 0 spiro atoms. The van der Waals surface area contributed by atoms with E-state index in [4.69, 9.17) is 16.0 Å². The van der Waals surface area contributed by atoms with Gasteiger partial charge in [0.2, 0.25) is 0 Å². The fourth-order valence-corrected chi connectivity index (χ4v) is 4.67. The fraction of sp³-hybridized carbons (Fsp3) is 0.250. The molecule has 8 heteroatoms. The largest absolute Gasteiger partial charge is 0.421 e. The van der Waals surface area contributed by atoms with Crippen LogP contribution in [0.1, 0.15) is 25.7 Å². The van der Waals surface area contributed by atoms with Crippen molar-refractivity contribution in [1.82, 2.24) is 0 Å². The molecule has 1 saturated carbocycles. The minimum Gasteiger partial charge on any atom is -0.421 e. The Kier molecular flexibility index (Phi) is 5.03. The van der Waals surface area contributed by atoms with E-state index >= 15 is 0 Å². The number of para-hydroxylation sites is 1. The fourth-order valence-electron chi connectivity index (χ4n) is 3.47. The summed E-state index contributed by atoms with van der Waals surface area (Å²) in [4.78, 5) is 12.6. The third-order valence-corrected chi connectivity index (χ3v) is 6.49. The molecule has 1 aliphatic rings. The lowest BCUT2D eigenvalue weighted by atomic mass is 10.1. The van der Waals surface area contributed by atoms with E-state index in [1.165, 1.54) is 24.3 Å². The number of nitrogens with one attached hydrogen (secondary N) is 2. The molecule has 0 radical (unpaired) electrons. The third kappa shape index (κ3) is 3.72. The predicted molar refractivity (Wildman–Crippen MR) is 111 cm³/mol. The molecule has 146 valence electrons. The van der Waals surface area contributed by atoms with E-state index in [2.05, 4.69) is 10.0 Å². The Labute approximate surface area is 167 Å². The Balaban J connectivity index is 1.82. The van der Waals surface area contributed by atoms with Gasteiger partial charge < -0.3 is 9.73 Å². The molecule has 0 amide bonds. The maximum Gasteiger partial charge on any atom is 0.363 e. The summed E-state index contributed by atoms with van der Waals surface area (Å²) in [5, 5.41) is 4.45. The van der Waals surface area contributed by atoms with Crippen LogP contribution in [0.2, 0.25) is 5.02 Å². The lowest BCUT2D eigenvalue weighted by molar-refractivity contribution is 0.562. The van der Waals surface area contributed by atoms with Crippen LogP contribution < -0.4 is 15.7 Å². The van der Waals surface area contributed by atoms with Crippen molar-refractivity contribution in [2.45, 2.75) is 36.6 Å². The topological polar surface area (TPSA) is 88.4 Å². The van der Waals surface area contributed by atoms with Gasteiger partial charge in [-0.05, 0) is 49.2 Å². The molecular formula is C20H19ClN2O4S. The summed E-state index contributed by atoms with van der Waals surface area (Å²) < 4.78 is 33.4. The van der Waals surface area contributed by atoms with Crippen LogP contribution in [-0.2, 0) is 10.0 Å². The van der Waals surface area contributed by atoms with Gasteiger partial charge in [0.1, 0.15) is 5.58 Å². The lowest BCUT2D eigenvalue weighted by Crippen LogP contribution is -2.23. The summed E-state index contributed by atoms with van der Waals surface area (Å²) in [6.07, 6.45) is 4.14. The zero-order chi connectivity index (χ0) is 19.7. The van der Waals surface area contributed by atoms with Gasteiger partial charge in [0, 0.05) is 16.5 Å². The number of sulfonamides is 1. The van der Waals surface area contributed by atoms with Crippen molar-refractivity contribution < 1.29 is 12.8 Å². The number of hydrogen-bond acceptors (Lipinski definition) is 5. The molecule has 2 aromatic carbocycles. The van der Waals surface area contributed by atoms with Crippen molar-refractivity contribution in [1.29, 1.82) is 0 Å². The third-order valence-electron chi connectivity index (χ3n) is 4.88. The molecule has 0 saturated heterocycles. The molecule has 28 heavy (non-hydrogen) atoms. The quantitative estimate of drug-likeness (QED) is 0.591. The maximum absolute atomic E-state index is 12.8. The normalized spacial score (nSPS) is 15.0. The minimum absolute atomic E-state index is 0.0104. The van der Waals surface area contributed by atoms with Crippen LogP contribution in [0.3, 0.4) is 0 Å². The Bertz CT molecular complexity index is 1170. The Morgan fingerprint density at radius 2 is 1.64 bits per heavy atom. The first-order valence-corrected chi connectivity index (χ1v) is 10.9. The van der Waals surface area contributed by atoms with E-state index < -0.39 is 15.6 Å². The highest BCUT2D eigenvalue weighted by Crippen LogP contribution is 2.33. The molecule has 6 nitrogen and oxygen atoms in total. The van der Waals surface area contributed by atoms with Gasteiger partial charge in [0.25, 0.3) is 10.0 Å². The van der Waals surface area contributed by atoms with Crippen LogP contribution in [0.15, 0.2) is 62.6 Å². The van der Waals surface area contributed by atoms with E-state index in [0.717, 1.165) is 25.7 Å². The summed E-state index contributed by atoms with van der Waals surface area (Å²) in [6.45, 7) is 0. The molecule has 1 aliphatic carbocycles. The number of halogens is 1. The first-order valence-electron chi connectivity index (χ1n) is 9.05. The van der Waals surface area contributed by atoms with Crippen molar-refractivity contribution in [3.05, 3.63) is 64.0 Å². The van der Waals surface area contributed by atoms with Crippen molar-refractivity contribution in [2.75, 3.05) is 10.0 Å². The second-order valence-electron chi connectivity index (χ2n) is 6.82. The minimum atomic E-state index is -3.99.